The predicted molar refractivity (Wildman–Crippen MR) is 110 cm³/mol. The Morgan fingerprint density at radius 3 is 2.45 bits per heavy atom. The van der Waals surface area contributed by atoms with E-state index in [-0.39, 0.29) is 16.1 Å². The van der Waals surface area contributed by atoms with Gasteiger partial charge < -0.3 is 5.32 Å². The molecule has 0 bridgehead atoms. The second kappa shape index (κ2) is 8.30. The maximum Gasteiger partial charge on any atom is 0.261 e. The van der Waals surface area contributed by atoms with Crippen molar-refractivity contribution in [1.29, 1.82) is 0 Å². The summed E-state index contributed by atoms with van der Waals surface area (Å²) < 4.78 is 54.8. The van der Waals surface area contributed by atoms with Crippen molar-refractivity contribution in [3.05, 3.63) is 87.9 Å². The van der Waals surface area contributed by atoms with E-state index in [1.807, 2.05) is 13.0 Å². The van der Waals surface area contributed by atoms with Crippen molar-refractivity contribution < 1.29 is 22.0 Å². The minimum atomic E-state index is -3.96. The topological polar surface area (TPSA) is 75.3 Å². The van der Waals surface area contributed by atoms with E-state index >= 15 is 0 Å². The summed E-state index contributed by atoms with van der Waals surface area (Å²) in [5, 5.41) is 2.40. The molecule has 0 spiro atoms. The first-order chi connectivity index (χ1) is 13.7. The van der Waals surface area contributed by atoms with Gasteiger partial charge in [0.2, 0.25) is 0 Å². The number of anilines is 2. The Balaban J connectivity index is 1.85. The number of carbonyl (C=O) groups is 1. The van der Waals surface area contributed by atoms with E-state index < -0.39 is 27.6 Å². The van der Waals surface area contributed by atoms with Crippen LogP contribution in [0, 0.1) is 18.6 Å². The summed E-state index contributed by atoms with van der Waals surface area (Å²) >= 11 is 3.29. The average molecular weight is 481 g/mol. The highest BCUT2D eigenvalue weighted by Crippen LogP contribution is 2.26. The average Bonchev–Trinajstić information content (AvgIpc) is 2.67. The molecule has 0 atom stereocenters. The third-order valence-electron chi connectivity index (χ3n) is 3.95. The van der Waals surface area contributed by atoms with Crippen molar-refractivity contribution in [3.63, 3.8) is 0 Å². The van der Waals surface area contributed by atoms with Crippen LogP contribution in [0.3, 0.4) is 0 Å². The summed E-state index contributed by atoms with van der Waals surface area (Å²) in [6, 6.07) is 13.5. The molecule has 3 aromatic carbocycles. The normalized spacial score (nSPS) is 11.2. The third kappa shape index (κ3) is 4.99. The van der Waals surface area contributed by atoms with Crippen LogP contribution in [0.4, 0.5) is 20.2 Å². The van der Waals surface area contributed by atoms with Gasteiger partial charge in [-0.25, -0.2) is 17.2 Å². The molecule has 5 nitrogen and oxygen atoms in total. The molecule has 0 fully saturated rings. The number of hydrogen-bond acceptors (Lipinski definition) is 3. The van der Waals surface area contributed by atoms with E-state index in [1.54, 1.807) is 12.1 Å². The lowest BCUT2D eigenvalue weighted by molar-refractivity contribution is 0.102. The molecule has 0 saturated carbocycles. The van der Waals surface area contributed by atoms with Gasteiger partial charge in [-0.05, 0) is 70.9 Å². The van der Waals surface area contributed by atoms with E-state index in [0.717, 1.165) is 17.7 Å². The first kappa shape index (κ1) is 20.9. The van der Waals surface area contributed by atoms with Crippen molar-refractivity contribution in [3.8, 4) is 0 Å². The zero-order valence-electron chi connectivity index (χ0n) is 15.0. The number of sulfonamides is 1. The summed E-state index contributed by atoms with van der Waals surface area (Å²) in [5.74, 6) is -2.80. The van der Waals surface area contributed by atoms with Crippen LogP contribution >= 0.6 is 15.9 Å². The van der Waals surface area contributed by atoms with E-state index in [2.05, 4.69) is 26.0 Å². The fraction of sp³-hybridized carbons (Fsp3) is 0.0500. The molecule has 0 unspecified atom stereocenters. The van der Waals surface area contributed by atoms with Crippen molar-refractivity contribution >= 4 is 43.2 Å². The van der Waals surface area contributed by atoms with Crippen LogP contribution in [-0.4, -0.2) is 14.3 Å². The van der Waals surface area contributed by atoms with Crippen LogP contribution in [-0.2, 0) is 10.0 Å². The van der Waals surface area contributed by atoms with Crippen molar-refractivity contribution in [2.75, 3.05) is 10.0 Å². The summed E-state index contributed by atoms with van der Waals surface area (Å²) in [7, 11) is -3.96. The molecule has 0 aliphatic carbocycles. The Labute approximate surface area is 174 Å². The number of rotatable bonds is 5. The molecule has 0 heterocycles. The SMILES string of the molecule is Cc1ccc(Br)c(NS(=O)(=O)c2cccc(C(=O)Nc3ccc(F)c(F)c3)c2)c1. The number of aryl methyl sites for hydroxylation is 1. The van der Waals surface area contributed by atoms with Gasteiger partial charge in [0, 0.05) is 21.8 Å². The Morgan fingerprint density at radius 1 is 0.966 bits per heavy atom. The molecule has 1 amide bonds. The Morgan fingerprint density at radius 2 is 1.72 bits per heavy atom. The Bertz CT molecular complexity index is 1200. The van der Waals surface area contributed by atoms with Gasteiger partial charge in [-0.3, -0.25) is 9.52 Å². The van der Waals surface area contributed by atoms with Gasteiger partial charge in [0.05, 0.1) is 10.6 Å². The fourth-order valence-electron chi connectivity index (χ4n) is 2.50. The second-order valence-electron chi connectivity index (χ2n) is 6.20. The number of carbonyl (C=O) groups excluding carboxylic acids is 1. The van der Waals surface area contributed by atoms with Gasteiger partial charge in [-0.2, -0.15) is 0 Å². The molecular weight excluding hydrogens is 466 g/mol. The van der Waals surface area contributed by atoms with Crippen LogP contribution in [0.5, 0.6) is 0 Å². The molecule has 0 aliphatic heterocycles. The Hall–Kier alpha value is -2.78. The van der Waals surface area contributed by atoms with Gasteiger partial charge in [0.15, 0.2) is 11.6 Å². The lowest BCUT2D eigenvalue weighted by Crippen LogP contribution is -2.16. The summed E-state index contributed by atoms with van der Waals surface area (Å²) in [6.45, 7) is 1.83. The number of benzene rings is 3. The van der Waals surface area contributed by atoms with E-state index in [4.69, 9.17) is 0 Å². The first-order valence-corrected chi connectivity index (χ1v) is 10.6. The quantitative estimate of drug-likeness (QED) is 0.533. The largest absolute Gasteiger partial charge is 0.322 e. The molecule has 0 saturated heterocycles. The summed E-state index contributed by atoms with van der Waals surface area (Å²) in [4.78, 5) is 12.3. The van der Waals surface area contributed by atoms with Crippen LogP contribution in [0.2, 0.25) is 0 Å². The molecule has 2 N–H and O–H groups in total. The molecule has 9 heteroatoms. The first-order valence-electron chi connectivity index (χ1n) is 8.31. The number of halogens is 3. The van der Waals surface area contributed by atoms with Crippen LogP contribution < -0.4 is 10.0 Å². The lowest BCUT2D eigenvalue weighted by atomic mass is 10.2. The van der Waals surface area contributed by atoms with Gasteiger partial charge >= 0.3 is 0 Å². The van der Waals surface area contributed by atoms with Gasteiger partial charge in [-0.1, -0.05) is 12.1 Å². The standard InChI is InChI=1S/C20H15BrF2N2O3S/c1-12-5-7-16(21)19(9-12)25-29(27,28)15-4-2-3-13(10-15)20(26)24-14-6-8-17(22)18(23)11-14/h2-11,25H,1H3,(H,24,26). The van der Waals surface area contributed by atoms with Gasteiger partial charge in [0.25, 0.3) is 15.9 Å². The van der Waals surface area contributed by atoms with Gasteiger partial charge in [0.1, 0.15) is 0 Å². The number of nitrogens with one attached hydrogen (secondary N) is 2. The minimum absolute atomic E-state index is 0.0425. The van der Waals surface area contributed by atoms with E-state index in [9.17, 15) is 22.0 Å². The molecule has 29 heavy (non-hydrogen) atoms. The third-order valence-corrected chi connectivity index (χ3v) is 6.00. The molecular formula is C20H15BrF2N2O3S. The van der Waals surface area contributed by atoms with E-state index in [1.165, 1.54) is 30.3 Å². The zero-order chi connectivity index (χ0) is 21.2. The smallest absolute Gasteiger partial charge is 0.261 e. The zero-order valence-corrected chi connectivity index (χ0v) is 17.4. The molecule has 150 valence electrons. The van der Waals surface area contributed by atoms with Crippen molar-refractivity contribution in [2.45, 2.75) is 11.8 Å². The number of hydrogen-bond donors (Lipinski definition) is 2. The lowest BCUT2D eigenvalue weighted by Gasteiger charge is -2.12. The molecule has 0 aliphatic rings. The van der Waals surface area contributed by atoms with Crippen LogP contribution in [0.1, 0.15) is 15.9 Å². The Kier molecular flexibility index (Phi) is 5.99. The number of amides is 1. The van der Waals surface area contributed by atoms with Crippen molar-refractivity contribution in [1.82, 2.24) is 0 Å². The highest BCUT2D eigenvalue weighted by Gasteiger charge is 2.18. The maximum atomic E-state index is 13.3. The summed E-state index contributed by atoms with van der Waals surface area (Å²) in [6.07, 6.45) is 0. The fourth-order valence-corrected chi connectivity index (χ4v) is 4.10. The highest BCUT2D eigenvalue weighted by atomic mass is 79.9. The summed E-state index contributed by atoms with van der Waals surface area (Å²) in [5.41, 5.74) is 1.32. The molecule has 0 radical (unpaired) electrons. The van der Waals surface area contributed by atoms with Crippen LogP contribution in [0.25, 0.3) is 0 Å². The molecule has 3 aromatic rings. The monoisotopic (exact) mass is 480 g/mol. The minimum Gasteiger partial charge on any atom is -0.322 e. The van der Waals surface area contributed by atoms with Gasteiger partial charge in [-0.15, -0.1) is 0 Å². The molecule has 0 aromatic heterocycles. The van der Waals surface area contributed by atoms with E-state index in [0.29, 0.717) is 10.2 Å². The predicted octanol–water partition coefficient (Wildman–Crippen LogP) is 5.09. The van der Waals surface area contributed by atoms with Crippen LogP contribution in [0.15, 0.2) is 70.0 Å². The highest BCUT2D eigenvalue weighted by molar-refractivity contribution is 9.10. The second-order valence-corrected chi connectivity index (χ2v) is 8.74. The maximum absolute atomic E-state index is 13.3. The molecule has 3 rings (SSSR count). The van der Waals surface area contributed by atoms with Crippen molar-refractivity contribution in [2.24, 2.45) is 0 Å².